The van der Waals surface area contributed by atoms with E-state index in [2.05, 4.69) is 15.1 Å². The zero-order valence-electron chi connectivity index (χ0n) is 9.18. The van der Waals surface area contributed by atoms with Crippen LogP contribution in [0.25, 0.3) is 0 Å². The Labute approximate surface area is 110 Å². The Bertz CT molecular complexity index is 711. The first-order chi connectivity index (χ1) is 8.47. The molecule has 0 bridgehead atoms. The molecule has 0 saturated carbocycles. The summed E-state index contributed by atoms with van der Waals surface area (Å²) in [6.07, 6.45) is 1.43. The van der Waals surface area contributed by atoms with Crippen LogP contribution in [0, 0.1) is 0 Å². The summed E-state index contributed by atoms with van der Waals surface area (Å²) in [7, 11) is 1.56. The number of rotatable bonds is 2. The van der Waals surface area contributed by atoms with Gasteiger partial charge >= 0.3 is 11.1 Å². The quantitative estimate of drug-likeness (QED) is 0.766. The Balaban J connectivity index is 2.43. The number of hydrogen-bond donors (Lipinski definition) is 2. The maximum atomic E-state index is 11.2. The third kappa shape index (κ3) is 2.54. The number of pyridine rings is 1. The third-order valence-electron chi connectivity index (χ3n) is 1.98. The third-order valence-corrected chi connectivity index (χ3v) is 3.27. The van der Waals surface area contributed by atoms with E-state index in [1.165, 1.54) is 10.9 Å². The number of nitrogens with two attached hydrogens (primary N) is 1. The number of nitrogens with zero attached hydrogens (tertiary/aromatic N) is 3. The first-order valence-electron chi connectivity index (χ1n) is 4.73. The van der Waals surface area contributed by atoms with Crippen molar-refractivity contribution < 1.29 is 0 Å². The van der Waals surface area contributed by atoms with Crippen molar-refractivity contribution in [3.63, 3.8) is 0 Å². The van der Waals surface area contributed by atoms with Crippen molar-refractivity contribution in [1.29, 1.82) is 0 Å². The van der Waals surface area contributed by atoms with Crippen molar-refractivity contribution in [2.45, 2.75) is 10.2 Å². The molecular formula is C9H8ClN5O2S. The van der Waals surface area contributed by atoms with Crippen LogP contribution >= 0.6 is 23.4 Å². The molecule has 94 valence electrons. The van der Waals surface area contributed by atoms with E-state index >= 15 is 0 Å². The van der Waals surface area contributed by atoms with Crippen LogP contribution in [-0.4, -0.2) is 19.7 Å². The number of nitrogens with one attached hydrogen (secondary N) is 1. The molecule has 2 heterocycles. The van der Waals surface area contributed by atoms with Gasteiger partial charge in [0.2, 0.25) is 0 Å². The van der Waals surface area contributed by atoms with Crippen molar-refractivity contribution in [2.75, 3.05) is 5.73 Å². The van der Waals surface area contributed by atoms with Gasteiger partial charge in [0.25, 0.3) is 0 Å². The van der Waals surface area contributed by atoms with Gasteiger partial charge in [0.15, 0.2) is 5.16 Å². The molecule has 0 aliphatic heterocycles. The van der Waals surface area contributed by atoms with Crippen molar-refractivity contribution in [1.82, 2.24) is 19.7 Å². The van der Waals surface area contributed by atoms with Gasteiger partial charge in [0.1, 0.15) is 5.03 Å². The highest BCUT2D eigenvalue weighted by atomic mass is 35.5. The SMILES string of the molecule is Cn1[nH]c(=O)c(=O)nc1Sc1ncc(Cl)cc1N. The van der Waals surface area contributed by atoms with Crippen LogP contribution in [0.1, 0.15) is 0 Å². The summed E-state index contributed by atoms with van der Waals surface area (Å²) in [4.78, 5) is 29.9. The largest absolute Gasteiger partial charge is 0.396 e. The van der Waals surface area contributed by atoms with Gasteiger partial charge in [-0.3, -0.25) is 19.4 Å². The fraction of sp³-hybridized carbons (Fsp3) is 0.111. The summed E-state index contributed by atoms with van der Waals surface area (Å²) < 4.78 is 1.32. The predicted octanol–water partition coefficient (Wildman–Crippen LogP) is 0.250. The molecule has 0 radical (unpaired) electrons. The molecule has 2 rings (SSSR count). The van der Waals surface area contributed by atoms with Gasteiger partial charge in [-0.2, -0.15) is 4.98 Å². The molecule has 0 amide bonds. The van der Waals surface area contributed by atoms with Crippen molar-refractivity contribution in [3.8, 4) is 0 Å². The molecule has 7 nitrogen and oxygen atoms in total. The molecule has 0 unspecified atom stereocenters. The number of H-pyrrole nitrogens is 1. The van der Waals surface area contributed by atoms with Gasteiger partial charge in [-0.25, -0.2) is 4.98 Å². The molecule has 2 aromatic heterocycles. The maximum Gasteiger partial charge on any atom is 0.339 e. The molecule has 9 heteroatoms. The average Bonchev–Trinajstić information content (AvgIpc) is 2.29. The zero-order chi connectivity index (χ0) is 13.3. The standard InChI is InChI=1S/C9H8ClN5O2S/c1-15-9(13-6(16)7(17)14-15)18-8-5(11)2-4(10)3-12-8/h2-3H,11H2,1H3,(H,14,17). The van der Waals surface area contributed by atoms with E-state index in [9.17, 15) is 9.59 Å². The topological polar surface area (TPSA) is 107 Å². The monoisotopic (exact) mass is 285 g/mol. The van der Waals surface area contributed by atoms with Crippen LogP contribution in [0.3, 0.4) is 0 Å². The first-order valence-corrected chi connectivity index (χ1v) is 5.93. The lowest BCUT2D eigenvalue weighted by Crippen LogP contribution is -2.33. The van der Waals surface area contributed by atoms with Crippen LogP contribution in [0.5, 0.6) is 0 Å². The molecule has 0 aromatic carbocycles. The molecular weight excluding hydrogens is 278 g/mol. The van der Waals surface area contributed by atoms with Crippen LogP contribution in [0.4, 0.5) is 5.69 Å². The van der Waals surface area contributed by atoms with Crippen molar-refractivity contribution >= 4 is 29.1 Å². The summed E-state index contributed by atoms with van der Waals surface area (Å²) in [5, 5.41) is 3.48. The second-order valence-corrected chi connectivity index (χ2v) is 4.74. The van der Waals surface area contributed by atoms with Crippen molar-refractivity contribution in [2.24, 2.45) is 7.05 Å². The minimum atomic E-state index is -0.858. The van der Waals surface area contributed by atoms with Gasteiger partial charge in [-0.15, -0.1) is 0 Å². The summed E-state index contributed by atoms with van der Waals surface area (Å²) >= 11 is 6.79. The lowest BCUT2D eigenvalue weighted by molar-refractivity contribution is 0.596. The number of aromatic amines is 1. The summed E-state index contributed by atoms with van der Waals surface area (Å²) in [5.74, 6) is 0. The highest BCUT2D eigenvalue weighted by molar-refractivity contribution is 7.99. The van der Waals surface area contributed by atoms with E-state index in [1.807, 2.05) is 0 Å². The summed E-state index contributed by atoms with van der Waals surface area (Å²) in [5.41, 5.74) is 4.46. The van der Waals surface area contributed by atoms with Gasteiger partial charge in [0.05, 0.1) is 10.7 Å². The van der Waals surface area contributed by atoms with E-state index < -0.39 is 11.1 Å². The van der Waals surface area contributed by atoms with Crippen LogP contribution in [0.2, 0.25) is 5.02 Å². The highest BCUT2D eigenvalue weighted by Crippen LogP contribution is 2.28. The number of hydrogen-bond acceptors (Lipinski definition) is 6. The lowest BCUT2D eigenvalue weighted by Gasteiger charge is -2.06. The minimum absolute atomic E-state index is 0.279. The molecule has 0 fully saturated rings. The fourth-order valence-electron chi connectivity index (χ4n) is 1.17. The number of aryl methyl sites for hydroxylation is 1. The average molecular weight is 286 g/mol. The number of nitrogen functional groups attached to an aromatic ring is 1. The molecule has 0 atom stereocenters. The smallest absolute Gasteiger partial charge is 0.339 e. The Morgan fingerprint density at radius 2 is 2.22 bits per heavy atom. The Hall–Kier alpha value is -1.80. The van der Waals surface area contributed by atoms with E-state index in [4.69, 9.17) is 17.3 Å². The van der Waals surface area contributed by atoms with Gasteiger partial charge < -0.3 is 5.73 Å². The molecule has 18 heavy (non-hydrogen) atoms. The van der Waals surface area contributed by atoms with E-state index in [0.29, 0.717) is 15.7 Å². The fourth-order valence-corrected chi connectivity index (χ4v) is 2.10. The lowest BCUT2D eigenvalue weighted by atomic mass is 10.4. The minimum Gasteiger partial charge on any atom is -0.396 e. The molecule has 0 spiro atoms. The molecule has 0 aliphatic carbocycles. The van der Waals surface area contributed by atoms with Gasteiger partial charge in [0, 0.05) is 13.2 Å². The summed E-state index contributed by atoms with van der Waals surface area (Å²) in [6.45, 7) is 0. The number of anilines is 1. The van der Waals surface area contributed by atoms with Crippen LogP contribution in [-0.2, 0) is 7.05 Å². The molecule has 2 aromatic rings. The Morgan fingerprint density at radius 3 is 2.89 bits per heavy atom. The normalized spacial score (nSPS) is 10.6. The van der Waals surface area contributed by atoms with E-state index in [1.54, 1.807) is 13.1 Å². The van der Waals surface area contributed by atoms with E-state index in [0.717, 1.165) is 11.8 Å². The van der Waals surface area contributed by atoms with Gasteiger partial charge in [-0.05, 0) is 17.8 Å². The van der Waals surface area contributed by atoms with E-state index in [-0.39, 0.29) is 5.16 Å². The molecule has 0 aliphatic rings. The second kappa shape index (κ2) is 4.83. The Morgan fingerprint density at radius 1 is 1.50 bits per heavy atom. The van der Waals surface area contributed by atoms with Gasteiger partial charge in [-0.1, -0.05) is 11.6 Å². The number of halogens is 1. The maximum absolute atomic E-state index is 11.2. The first kappa shape index (κ1) is 12.7. The highest BCUT2D eigenvalue weighted by Gasteiger charge is 2.09. The molecule has 3 N–H and O–H groups in total. The second-order valence-electron chi connectivity index (χ2n) is 3.35. The number of aromatic nitrogens is 4. The molecule has 0 saturated heterocycles. The Kier molecular flexibility index (Phi) is 3.39. The zero-order valence-corrected chi connectivity index (χ0v) is 10.7. The predicted molar refractivity (Wildman–Crippen MR) is 67.9 cm³/mol. The van der Waals surface area contributed by atoms with Crippen LogP contribution in [0.15, 0.2) is 32.0 Å². The van der Waals surface area contributed by atoms with Crippen molar-refractivity contribution in [3.05, 3.63) is 38.0 Å². The summed E-state index contributed by atoms with van der Waals surface area (Å²) in [6, 6.07) is 1.54. The van der Waals surface area contributed by atoms with Crippen LogP contribution < -0.4 is 16.9 Å².